The molecule has 0 aromatic carbocycles. The summed E-state index contributed by atoms with van der Waals surface area (Å²) < 4.78 is 0. The third-order valence-corrected chi connectivity index (χ3v) is 4.57. The van der Waals surface area contributed by atoms with E-state index in [0.717, 1.165) is 19.3 Å². The summed E-state index contributed by atoms with van der Waals surface area (Å²) in [5.41, 5.74) is 6.03. The van der Waals surface area contributed by atoms with Crippen molar-refractivity contribution in [2.45, 2.75) is 76.3 Å². The number of nitrogens with two attached hydrogens (primary N) is 1. The number of carbonyl (C=O) groups excluding carboxylic acids is 1. The molecule has 2 aliphatic carbocycles. The van der Waals surface area contributed by atoms with Crippen LogP contribution >= 0.6 is 0 Å². The monoisotopic (exact) mass is 238 g/mol. The fourth-order valence-corrected chi connectivity index (χ4v) is 3.36. The van der Waals surface area contributed by atoms with Crippen LogP contribution in [-0.2, 0) is 4.79 Å². The van der Waals surface area contributed by atoms with E-state index in [9.17, 15) is 4.79 Å². The van der Waals surface area contributed by atoms with E-state index in [2.05, 4.69) is 12.2 Å². The number of amides is 1. The summed E-state index contributed by atoms with van der Waals surface area (Å²) in [6.45, 7) is 2.25. The number of hydrogen-bond acceptors (Lipinski definition) is 2. The minimum Gasteiger partial charge on any atom is -0.353 e. The Bertz CT molecular complexity index is 271. The first kappa shape index (κ1) is 12.9. The topological polar surface area (TPSA) is 55.1 Å². The fraction of sp³-hybridized carbons (Fsp3) is 0.929. The Hall–Kier alpha value is -0.570. The minimum atomic E-state index is -0.206. The van der Waals surface area contributed by atoms with E-state index in [1.807, 2.05) is 0 Å². The maximum absolute atomic E-state index is 12.0. The molecule has 2 rings (SSSR count). The van der Waals surface area contributed by atoms with E-state index >= 15 is 0 Å². The van der Waals surface area contributed by atoms with Crippen LogP contribution in [0.25, 0.3) is 0 Å². The minimum absolute atomic E-state index is 0.174. The van der Waals surface area contributed by atoms with Crippen LogP contribution < -0.4 is 11.1 Å². The first-order valence-corrected chi connectivity index (χ1v) is 7.17. The predicted octanol–water partition coefficient (Wildman–Crippen LogP) is 2.34. The molecule has 0 aromatic rings. The van der Waals surface area contributed by atoms with E-state index in [1.165, 1.54) is 32.1 Å². The lowest BCUT2D eigenvalue weighted by Crippen LogP contribution is -2.47. The highest BCUT2D eigenvalue weighted by atomic mass is 16.1. The molecule has 98 valence electrons. The van der Waals surface area contributed by atoms with E-state index in [-0.39, 0.29) is 11.4 Å². The summed E-state index contributed by atoms with van der Waals surface area (Å²) in [5, 5.41) is 3.20. The number of carbonyl (C=O) groups is 1. The van der Waals surface area contributed by atoms with Gasteiger partial charge in [0.15, 0.2) is 0 Å². The van der Waals surface area contributed by atoms with Gasteiger partial charge in [0, 0.05) is 18.0 Å². The fourth-order valence-electron chi connectivity index (χ4n) is 3.36. The molecule has 0 saturated heterocycles. The Labute approximate surface area is 105 Å². The van der Waals surface area contributed by atoms with Crippen LogP contribution in [-0.4, -0.2) is 17.5 Å². The second-order valence-corrected chi connectivity index (χ2v) is 6.18. The predicted molar refractivity (Wildman–Crippen MR) is 69.6 cm³/mol. The molecule has 2 aliphatic rings. The summed E-state index contributed by atoms with van der Waals surface area (Å²) >= 11 is 0. The van der Waals surface area contributed by atoms with Crippen LogP contribution in [0.4, 0.5) is 0 Å². The van der Waals surface area contributed by atoms with Gasteiger partial charge in [0.2, 0.25) is 5.91 Å². The van der Waals surface area contributed by atoms with Gasteiger partial charge >= 0.3 is 0 Å². The van der Waals surface area contributed by atoms with Gasteiger partial charge in [-0.1, -0.05) is 32.6 Å². The summed E-state index contributed by atoms with van der Waals surface area (Å²) in [4.78, 5) is 12.0. The second kappa shape index (κ2) is 5.38. The molecule has 0 heterocycles. The number of nitrogens with one attached hydrogen (secondary N) is 1. The van der Waals surface area contributed by atoms with Crippen LogP contribution in [0.1, 0.15) is 64.7 Å². The molecule has 3 heteroatoms. The van der Waals surface area contributed by atoms with E-state index in [0.29, 0.717) is 18.4 Å². The maximum Gasteiger partial charge on any atom is 0.222 e. The molecule has 3 N–H and O–H groups in total. The van der Waals surface area contributed by atoms with Gasteiger partial charge in [-0.2, -0.15) is 0 Å². The summed E-state index contributed by atoms with van der Waals surface area (Å²) in [6.07, 6.45) is 9.88. The van der Waals surface area contributed by atoms with Gasteiger partial charge in [-0.3, -0.25) is 4.79 Å². The smallest absolute Gasteiger partial charge is 0.222 e. The van der Waals surface area contributed by atoms with Crippen molar-refractivity contribution in [1.82, 2.24) is 5.32 Å². The average Bonchev–Trinajstić information content (AvgIpc) is 2.68. The van der Waals surface area contributed by atoms with Crippen molar-refractivity contribution >= 4 is 5.91 Å². The molecule has 0 radical (unpaired) electrons. The SMILES string of the molecule is CC1CCCCC1NC(=O)CC1(N)CCCC1. The largest absolute Gasteiger partial charge is 0.353 e. The van der Waals surface area contributed by atoms with Gasteiger partial charge in [0.25, 0.3) is 0 Å². The molecular formula is C14H26N2O. The van der Waals surface area contributed by atoms with Gasteiger partial charge < -0.3 is 11.1 Å². The molecule has 2 saturated carbocycles. The first-order valence-electron chi connectivity index (χ1n) is 7.17. The molecule has 2 unspecified atom stereocenters. The lowest BCUT2D eigenvalue weighted by molar-refractivity contribution is -0.123. The van der Waals surface area contributed by atoms with Crippen molar-refractivity contribution in [1.29, 1.82) is 0 Å². The van der Waals surface area contributed by atoms with Gasteiger partial charge in [0.05, 0.1) is 0 Å². The zero-order chi connectivity index (χ0) is 12.3. The second-order valence-electron chi connectivity index (χ2n) is 6.18. The Kier molecular flexibility index (Phi) is 4.08. The van der Waals surface area contributed by atoms with E-state index < -0.39 is 0 Å². The summed E-state index contributed by atoms with van der Waals surface area (Å²) in [5.74, 6) is 0.804. The quantitative estimate of drug-likeness (QED) is 0.793. The van der Waals surface area contributed by atoms with Crippen molar-refractivity contribution in [2.24, 2.45) is 11.7 Å². The molecule has 2 fully saturated rings. The van der Waals surface area contributed by atoms with Crippen molar-refractivity contribution < 1.29 is 4.79 Å². The molecule has 2 atom stereocenters. The highest BCUT2D eigenvalue weighted by Crippen LogP contribution is 2.30. The van der Waals surface area contributed by atoms with Crippen molar-refractivity contribution in [3.05, 3.63) is 0 Å². The molecule has 0 spiro atoms. The molecular weight excluding hydrogens is 212 g/mol. The summed E-state index contributed by atoms with van der Waals surface area (Å²) in [6, 6.07) is 0.390. The molecule has 0 aromatic heterocycles. The Morgan fingerprint density at radius 3 is 2.53 bits per heavy atom. The zero-order valence-corrected chi connectivity index (χ0v) is 11.0. The highest BCUT2D eigenvalue weighted by molar-refractivity contribution is 5.77. The average molecular weight is 238 g/mol. The van der Waals surface area contributed by atoms with Crippen molar-refractivity contribution in [3.63, 3.8) is 0 Å². The summed E-state index contributed by atoms with van der Waals surface area (Å²) in [7, 11) is 0. The normalized spacial score (nSPS) is 32.4. The van der Waals surface area contributed by atoms with Crippen molar-refractivity contribution in [2.75, 3.05) is 0 Å². The molecule has 0 aliphatic heterocycles. The van der Waals surface area contributed by atoms with E-state index in [1.54, 1.807) is 0 Å². The molecule has 0 bridgehead atoms. The first-order chi connectivity index (χ1) is 8.09. The number of rotatable bonds is 3. The van der Waals surface area contributed by atoms with Gasteiger partial charge in [-0.05, 0) is 31.6 Å². The van der Waals surface area contributed by atoms with Crippen LogP contribution in [0.15, 0.2) is 0 Å². The van der Waals surface area contributed by atoms with E-state index in [4.69, 9.17) is 5.73 Å². The molecule has 1 amide bonds. The molecule has 3 nitrogen and oxygen atoms in total. The highest BCUT2D eigenvalue weighted by Gasteiger charge is 2.33. The van der Waals surface area contributed by atoms with Crippen LogP contribution in [0, 0.1) is 5.92 Å². The van der Waals surface area contributed by atoms with Gasteiger partial charge in [-0.25, -0.2) is 0 Å². The third kappa shape index (κ3) is 3.44. The lowest BCUT2D eigenvalue weighted by atomic mass is 9.85. The standard InChI is InChI=1S/C14H26N2O/c1-11-6-2-3-7-12(11)16-13(17)10-14(15)8-4-5-9-14/h11-12H,2-10,15H2,1H3,(H,16,17). The molecule has 17 heavy (non-hydrogen) atoms. The zero-order valence-electron chi connectivity index (χ0n) is 11.0. The Morgan fingerprint density at radius 2 is 1.88 bits per heavy atom. The van der Waals surface area contributed by atoms with Crippen LogP contribution in [0.5, 0.6) is 0 Å². The maximum atomic E-state index is 12.0. The third-order valence-electron chi connectivity index (χ3n) is 4.57. The van der Waals surface area contributed by atoms with Crippen LogP contribution in [0.3, 0.4) is 0 Å². The van der Waals surface area contributed by atoms with Gasteiger partial charge in [0.1, 0.15) is 0 Å². The van der Waals surface area contributed by atoms with Crippen molar-refractivity contribution in [3.8, 4) is 0 Å². The Morgan fingerprint density at radius 1 is 1.24 bits per heavy atom. The van der Waals surface area contributed by atoms with Gasteiger partial charge in [-0.15, -0.1) is 0 Å². The number of hydrogen-bond donors (Lipinski definition) is 2. The van der Waals surface area contributed by atoms with Crippen LogP contribution in [0.2, 0.25) is 0 Å². The Balaban J connectivity index is 1.80. The lowest BCUT2D eigenvalue weighted by Gasteiger charge is -2.31.